The molecule has 4 heterocycles. The van der Waals surface area contributed by atoms with Gasteiger partial charge in [0, 0.05) is 47.5 Å². The van der Waals surface area contributed by atoms with Gasteiger partial charge < -0.3 is 9.73 Å². The van der Waals surface area contributed by atoms with E-state index in [4.69, 9.17) is 14.5 Å². The highest BCUT2D eigenvalue weighted by atomic mass is 32.1. The molecule has 3 aromatic heterocycles. The van der Waals surface area contributed by atoms with Crippen LogP contribution in [0, 0.1) is 12.3 Å². The second-order valence-electron chi connectivity index (χ2n) is 10.2. The molecule has 1 aromatic carbocycles. The minimum Gasteiger partial charge on any atom is -0.463 e. The summed E-state index contributed by atoms with van der Waals surface area (Å²) < 4.78 is 7.55. The monoisotopic (exact) mass is 484 g/mol. The Morgan fingerprint density at radius 2 is 2.00 bits per heavy atom. The van der Waals surface area contributed by atoms with E-state index >= 15 is 0 Å². The van der Waals surface area contributed by atoms with Gasteiger partial charge in [0.1, 0.15) is 11.5 Å². The molecule has 0 bridgehead atoms. The fourth-order valence-corrected chi connectivity index (χ4v) is 6.22. The molecule has 0 amide bonds. The minimum atomic E-state index is -0.0924. The van der Waals surface area contributed by atoms with Gasteiger partial charge in [-0.3, -0.25) is 4.79 Å². The smallest absolute Gasteiger partial charge is 0.162 e. The Morgan fingerprint density at radius 3 is 2.77 bits per heavy atom. The Bertz CT molecular complexity index is 1430. The maximum absolute atomic E-state index is 13.4. The molecule has 0 radical (unpaired) electrons. The molecule has 1 atom stereocenters. The fraction of sp³-hybridized carbons (Fsp3) is 0.321. The number of fused-ring (bicyclic) bond motifs is 1. The van der Waals surface area contributed by atoms with Gasteiger partial charge in [-0.05, 0) is 36.5 Å². The van der Waals surface area contributed by atoms with Crippen LogP contribution >= 0.6 is 11.3 Å². The van der Waals surface area contributed by atoms with Crippen LogP contribution in [0.3, 0.4) is 0 Å². The van der Waals surface area contributed by atoms with E-state index in [0.717, 1.165) is 63.2 Å². The number of thiazole rings is 1. The molecule has 2 aliphatic rings. The molecular weight excluding hydrogens is 456 g/mol. The third kappa shape index (κ3) is 3.93. The predicted octanol–water partition coefficient (Wildman–Crippen LogP) is 6.35. The van der Waals surface area contributed by atoms with E-state index in [1.54, 1.807) is 17.6 Å². The van der Waals surface area contributed by atoms with Crippen molar-refractivity contribution in [1.29, 1.82) is 0 Å². The summed E-state index contributed by atoms with van der Waals surface area (Å²) in [4.78, 5) is 18.2. The fourth-order valence-electron chi connectivity index (χ4n) is 5.45. The van der Waals surface area contributed by atoms with Crippen molar-refractivity contribution in [1.82, 2.24) is 14.8 Å². The van der Waals surface area contributed by atoms with Gasteiger partial charge in [-0.1, -0.05) is 44.2 Å². The number of nitrogens with zero attached hydrogens (tertiary/aromatic N) is 3. The summed E-state index contributed by atoms with van der Waals surface area (Å²) in [6, 6.07) is 14.2. The summed E-state index contributed by atoms with van der Waals surface area (Å²) in [5.74, 6) is 1.94. The van der Waals surface area contributed by atoms with Gasteiger partial charge in [0.15, 0.2) is 11.5 Å². The first-order chi connectivity index (χ1) is 16.9. The number of furan rings is 1. The number of aromatic nitrogens is 3. The number of benzene rings is 1. The lowest BCUT2D eigenvalue weighted by Crippen LogP contribution is -2.34. The minimum absolute atomic E-state index is 0.0648. The first-order valence-corrected chi connectivity index (χ1v) is 12.9. The zero-order valence-corrected chi connectivity index (χ0v) is 21.0. The predicted molar refractivity (Wildman–Crippen MR) is 137 cm³/mol. The number of Topliss-reactive ketones (excluding diaryl/α,β-unsaturated/α-hetero) is 1. The Hall–Kier alpha value is -3.45. The molecule has 1 aliphatic heterocycles. The molecule has 7 heteroatoms. The molecule has 0 unspecified atom stereocenters. The van der Waals surface area contributed by atoms with E-state index in [0.29, 0.717) is 13.0 Å². The van der Waals surface area contributed by atoms with E-state index in [1.807, 2.05) is 42.6 Å². The van der Waals surface area contributed by atoms with E-state index in [2.05, 4.69) is 36.0 Å². The Labute approximate surface area is 208 Å². The summed E-state index contributed by atoms with van der Waals surface area (Å²) in [6.07, 6.45) is 3.86. The molecule has 0 spiro atoms. The third-order valence-corrected chi connectivity index (χ3v) is 7.84. The number of rotatable bonds is 5. The number of anilines is 1. The maximum Gasteiger partial charge on any atom is 0.162 e. The molecular formula is C28H28N4O2S. The lowest BCUT2D eigenvalue weighted by atomic mass is 9.69. The zero-order chi connectivity index (χ0) is 24.2. The Morgan fingerprint density at radius 1 is 1.17 bits per heavy atom. The molecule has 0 saturated carbocycles. The molecule has 0 fully saturated rings. The van der Waals surface area contributed by atoms with Gasteiger partial charge in [0.05, 0.1) is 17.0 Å². The molecule has 178 valence electrons. The van der Waals surface area contributed by atoms with E-state index < -0.39 is 0 Å². The van der Waals surface area contributed by atoms with Crippen LogP contribution < -0.4 is 5.32 Å². The molecule has 0 saturated heterocycles. The van der Waals surface area contributed by atoms with Crippen molar-refractivity contribution >= 4 is 22.9 Å². The molecule has 6 nitrogen and oxygen atoms in total. The van der Waals surface area contributed by atoms with Crippen molar-refractivity contribution in [3.8, 4) is 11.5 Å². The maximum atomic E-state index is 13.4. The van der Waals surface area contributed by atoms with Gasteiger partial charge in [-0.15, -0.1) is 11.3 Å². The standard InChI is InChI=1S/C28H28N4O2S/c1-17-24-25(18-8-5-4-6-9-18)26-19(14-28(2,3)15-21(26)33)30-27(24)32(31-17)12-11-23-29-20(16-35-23)22-10-7-13-34-22/h4-10,13,16,25,30H,11-12,14-15H2,1-3H3/t25-/m0/s1. The van der Waals surface area contributed by atoms with Crippen LogP contribution in [0.5, 0.6) is 0 Å². The average Bonchev–Trinajstić information content (AvgIpc) is 3.57. The average molecular weight is 485 g/mol. The highest BCUT2D eigenvalue weighted by Crippen LogP contribution is 2.49. The molecule has 1 aliphatic carbocycles. The zero-order valence-electron chi connectivity index (χ0n) is 20.2. The van der Waals surface area contributed by atoms with Gasteiger partial charge in [0.2, 0.25) is 0 Å². The number of aryl methyl sites for hydroxylation is 3. The quantitative estimate of drug-likeness (QED) is 0.357. The van der Waals surface area contributed by atoms with Crippen molar-refractivity contribution in [2.24, 2.45) is 5.41 Å². The van der Waals surface area contributed by atoms with Crippen molar-refractivity contribution in [3.63, 3.8) is 0 Å². The summed E-state index contributed by atoms with van der Waals surface area (Å²) in [5.41, 5.74) is 5.97. The molecule has 6 rings (SSSR count). The second kappa shape index (κ2) is 8.34. The van der Waals surface area contributed by atoms with Crippen LogP contribution in [0.1, 0.15) is 54.4 Å². The van der Waals surface area contributed by atoms with Crippen LogP contribution in [0.4, 0.5) is 5.82 Å². The van der Waals surface area contributed by atoms with Crippen LogP contribution in [-0.4, -0.2) is 20.5 Å². The van der Waals surface area contributed by atoms with E-state index in [9.17, 15) is 4.79 Å². The van der Waals surface area contributed by atoms with Crippen LogP contribution in [-0.2, 0) is 17.8 Å². The van der Waals surface area contributed by atoms with Gasteiger partial charge in [-0.25, -0.2) is 9.67 Å². The topological polar surface area (TPSA) is 73.0 Å². The summed E-state index contributed by atoms with van der Waals surface area (Å²) in [6.45, 7) is 7.10. The van der Waals surface area contributed by atoms with Crippen molar-refractivity contribution in [3.05, 3.63) is 87.2 Å². The Balaban J connectivity index is 1.36. The number of carbonyl (C=O) groups excluding carboxylic acids is 1. The van der Waals surface area contributed by atoms with Crippen LogP contribution in [0.2, 0.25) is 0 Å². The number of carbonyl (C=O) groups is 1. The Kier molecular flexibility index (Phi) is 5.25. The molecule has 35 heavy (non-hydrogen) atoms. The van der Waals surface area contributed by atoms with Gasteiger partial charge in [0.25, 0.3) is 0 Å². The largest absolute Gasteiger partial charge is 0.463 e. The number of hydrogen-bond acceptors (Lipinski definition) is 6. The normalized spacial score (nSPS) is 18.8. The van der Waals surface area contributed by atoms with Crippen molar-refractivity contribution in [2.45, 2.75) is 52.5 Å². The lowest BCUT2D eigenvalue weighted by molar-refractivity contribution is -0.118. The number of hydrogen-bond donors (Lipinski definition) is 1. The van der Waals surface area contributed by atoms with E-state index in [1.165, 1.54) is 0 Å². The molecule has 1 N–H and O–H groups in total. The third-order valence-electron chi connectivity index (χ3n) is 6.94. The molecule has 4 aromatic rings. The summed E-state index contributed by atoms with van der Waals surface area (Å²) in [5, 5.41) is 11.7. The number of ketones is 1. The second-order valence-corrected chi connectivity index (χ2v) is 11.2. The van der Waals surface area contributed by atoms with Gasteiger partial charge >= 0.3 is 0 Å². The summed E-state index contributed by atoms with van der Waals surface area (Å²) >= 11 is 1.64. The van der Waals surface area contributed by atoms with Crippen molar-refractivity contribution in [2.75, 3.05) is 5.32 Å². The van der Waals surface area contributed by atoms with Gasteiger partial charge in [-0.2, -0.15) is 5.10 Å². The van der Waals surface area contributed by atoms with Crippen LogP contribution in [0.15, 0.2) is 69.8 Å². The SMILES string of the molecule is Cc1nn(CCc2nc(-c3ccco3)cs2)c2c1[C@H](c1ccccc1)C1=C(CC(C)(C)CC1=O)N2. The first-order valence-electron chi connectivity index (χ1n) is 12.0. The highest BCUT2D eigenvalue weighted by Gasteiger charge is 2.42. The van der Waals surface area contributed by atoms with Crippen LogP contribution in [0.25, 0.3) is 11.5 Å². The first kappa shape index (κ1) is 22.0. The van der Waals surface area contributed by atoms with E-state index in [-0.39, 0.29) is 17.1 Å². The number of nitrogens with one attached hydrogen (secondary N) is 1. The number of allylic oxidation sites excluding steroid dienone is 2. The van der Waals surface area contributed by atoms with Crippen molar-refractivity contribution < 1.29 is 9.21 Å². The highest BCUT2D eigenvalue weighted by molar-refractivity contribution is 7.09. The lowest BCUT2D eigenvalue weighted by Gasteiger charge is -2.38. The summed E-state index contributed by atoms with van der Waals surface area (Å²) in [7, 11) is 0.